The number of amides is 1. The highest BCUT2D eigenvalue weighted by Crippen LogP contribution is 2.16. The van der Waals surface area contributed by atoms with Crippen molar-refractivity contribution in [2.75, 3.05) is 20.3 Å². The van der Waals surface area contributed by atoms with Crippen LogP contribution in [-0.4, -0.2) is 38.3 Å². The molecule has 2 unspecified atom stereocenters. The summed E-state index contributed by atoms with van der Waals surface area (Å²) in [4.78, 5) is 11.5. The van der Waals surface area contributed by atoms with Gasteiger partial charge in [-0.3, -0.25) is 4.79 Å². The maximum atomic E-state index is 11.5. The van der Waals surface area contributed by atoms with Crippen molar-refractivity contribution in [1.29, 1.82) is 0 Å². The zero-order chi connectivity index (χ0) is 14.3. The molecular formula is C13H19ClN2O3. The zero-order valence-corrected chi connectivity index (χ0v) is 11.8. The molecule has 1 aromatic carbocycles. The Morgan fingerprint density at radius 3 is 2.63 bits per heavy atom. The van der Waals surface area contributed by atoms with E-state index in [1.165, 1.54) is 7.11 Å². The molecule has 0 spiro atoms. The summed E-state index contributed by atoms with van der Waals surface area (Å²) in [7, 11) is 1.50. The van der Waals surface area contributed by atoms with Gasteiger partial charge in [-0.15, -0.1) is 0 Å². The van der Waals surface area contributed by atoms with E-state index in [1.54, 1.807) is 24.3 Å². The summed E-state index contributed by atoms with van der Waals surface area (Å²) in [6.45, 7) is 2.42. The lowest BCUT2D eigenvalue weighted by molar-refractivity contribution is -0.123. The second kappa shape index (κ2) is 7.99. The van der Waals surface area contributed by atoms with Gasteiger partial charge in [0.25, 0.3) is 0 Å². The number of hydrogen-bond donors (Lipinski definition) is 2. The predicted octanol–water partition coefficient (Wildman–Crippen LogP) is 1.20. The molecule has 0 aliphatic carbocycles. The van der Waals surface area contributed by atoms with Crippen molar-refractivity contribution in [1.82, 2.24) is 5.32 Å². The Kier molecular flexibility index (Phi) is 6.62. The summed E-state index contributed by atoms with van der Waals surface area (Å²) in [6, 6.07) is 6.38. The van der Waals surface area contributed by atoms with Crippen LogP contribution in [0.1, 0.15) is 6.92 Å². The van der Waals surface area contributed by atoms with Crippen LogP contribution in [0.3, 0.4) is 0 Å². The fourth-order valence-corrected chi connectivity index (χ4v) is 1.54. The predicted molar refractivity (Wildman–Crippen MR) is 74.4 cm³/mol. The molecule has 0 fully saturated rings. The van der Waals surface area contributed by atoms with E-state index in [0.29, 0.717) is 17.3 Å². The number of ether oxygens (including phenoxy) is 2. The van der Waals surface area contributed by atoms with Crippen molar-refractivity contribution in [3.8, 4) is 5.75 Å². The third-order valence-corrected chi connectivity index (χ3v) is 2.65. The van der Waals surface area contributed by atoms with Gasteiger partial charge in [-0.05, 0) is 31.2 Å². The van der Waals surface area contributed by atoms with Crippen LogP contribution in [-0.2, 0) is 9.53 Å². The van der Waals surface area contributed by atoms with E-state index in [9.17, 15) is 4.79 Å². The van der Waals surface area contributed by atoms with E-state index in [1.807, 2.05) is 6.92 Å². The lowest BCUT2D eigenvalue weighted by atomic mass is 10.3. The molecule has 0 bridgehead atoms. The van der Waals surface area contributed by atoms with Crippen molar-refractivity contribution >= 4 is 17.5 Å². The third-order valence-electron chi connectivity index (χ3n) is 2.40. The smallest absolute Gasteiger partial charge is 0.239 e. The Morgan fingerprint density at radius 1 is 1.42 bits per heavy atom. The summed E-state index contributed by atoms with van der Waals surface area (Å²) in [6.07, 6.45) is -0.167. The second-order valence-electron chi connectivity index (χ2n) is 4.19. The van der Waals surface area contributed by atoms with E-state index < -0.39 is 6.04 Å². The number of benzene rings is 1. The second-order valence-corrected chi connectivity index (χ2v) is 4.63. The molecular weight excluding hydrogens is 268 g/mol. The Balaban J connectivity index is 2.33. The van der Waals surface area contributed by atoms with Gasteiger partial charge in [0.05, 0.1) is 13.2 Å². The lowest BCUT2D eigenvalue weighted by Crippen LogP contribution is -2.46. The number of carbonyl (C=O) groups excluding carboxylic acids is 1. The monoisotopic (exact) mass is 286 g/mol. The average molecular weight is 287 g/mol. The molecule has 6 heteroatoms. The molecule has 19 heavy (non-hydrogen) atoms. The highest BCUT2D eigenvalue weighted by atomic mass is 35.5. The van der Waals surface area contributed by atoms with E-state index in [2.05, 4.69) is 5.32 Å². The number of hydrogen-bond acceptors (Lipinski definition) is 4. The van der Waals surface area contributed by atoms with Gasteiger partial charge >= 0.3 is 0 Å². The number of methoxy groups -OCH3 is 1. The first kappa shape index (κ1) is 15.8. The van der Waals surface area contributed by atoms with Gasteiger partial charge in [0, 0.05) is 12.1 Å². The lowest BCUT2D eigenvalue weighted by Gasteiger charge is -2.17. The number of rotatable bonds is 7. The van der Waals surface area contributed by atoms with Crippen molar-refractivity contribution in [3.63, 3.8) is 0 Å². The molecule has 0 aliphatic heterocycles. The van der Waals surface area contributed by atoms with Crippen LogP contribution in [0.4, 0.5) is 0 Å². The van der Waals surface area contributed by atoms with Crippen LogP contribution in [0.15, 0.2) is 24.3 Å². The summed E-state index contributed by atoms with van der Waals surface area (Å²) in [5.41, 5.74) is 5.59. The van der Waals surface area contributed by atoms with E-state index in [0.717, 1.165) is 0 Å². The molecule has 3 N–H and O–H groups in total. The van der Waals surface area contributed by atoms with Crippen LogP contribution in [0.25, 0.3) is 0 Å². The SMILES string of the molecule is COCC(N)C(=O)NCC(C)Oc1ccc(Cl)cc1. The van der Waals surface area contributed by atoms with Crippen molar-refractivity contribution < 1.29 is 14.3 Å². The van der Waals surface area contributed by atoms with Gasteiger partial charge in [0.2, 0.25) is 5.91 Å². The van der Waals surface area contributed by atoms with Crippen molar-refractivity contribution in [3.05, 3.63) is 29.3 Å². The van der Waals surface area contributed by atoms with E-state index in [4.69, 9.17) is 26.8 Å². The molecule has 106 valence electrons. The topological polar surface area (TPSA) is 73.6 Å². The molecule has 0 radical (unpaired) electrons. The van der Waals surface area contributed by atoms with E-state index in [-0.39, 0.29) is 18.6 Å². The highest BCUT2D eigenvalue weighted by molar-refractivity contribution is 6.30. The van der Waals surface area contributed by atoms with Gasteiger partial charge in [0.15, 0.2) is 0 Å². The molecule has 0 heterocycles. The quantitative estimate of drug-likeness (QED) is 0.790. The number of nitrogens with two attached hydrogens (primary N) is 1. The molecule has 0 saturated carbocycles. The highest BCUT2D eigenvalue weighted by Gasteiger charge is 2.14. The Labute approximate surface area is 118 Å². The summed E-state index contributed by atoms with van der Waals surface area (Å²) in [5.74, 6) is 0.445. The fraction of sp³-hybridized carbons (Fsp3) is 0.462. The summed E-state index contributed by atoms with van der Waals surface area (Å²) < 4.78 is 10.4. The molecule has 1 amide bonds. The van der Waals surface area contributed by atoms with E-state index >= 15 is 0 Å². The molecule has 0 saturated heterocycles. The van der Waals surface area contributed by atoms with Gasteiger partial charge < -0.3 is 20.5 Å². The largest absolute Gasteiger partial charge is 0.489 e. The summed E-state index contributed by atoms with van der Waals surface area (Å²) in [5, 5.41) is 3.36. The molecule has 1 rings (SSSR count). The van der Waals surface area contributed by atoms with Crippen LogP contribution in [0.5, 0.6) is 5.75 Å². The minimum absolute atomic E-state index is 0.167. The maximum Gasteiger partial charge on any atom is 0.239 e. The van der Waals surface area contributed by atoms with Crippen LogP contribution in [0.2, 0.25) is 5.02 Å². The van der Waals surface area contributed by atoms with Crippen LogP contribution in [0, 0.1) is 0 Å². The summed E-state index contributed by atoms with van der Waals surface area (Å²) >= 11 is 5.78. The Bertz CT molecular complexity index is 397. The van der Waals surface area contributed by atoms with Gasteiger partial charge in [-0.25, -0.2) is 0 Å². The van der Waals surface area contributed by atoms with Gasteiger partial charge in [0.1, 0.15) is 17.9 Å². The number of nitrogens with one attached hydrogen (secondary N) is 1. The molecule has 5 nitrogen and oxygen atoms in total. The number of halogens is 1. The van der Waals surface area contributed by atoms with Gasteiger partial charge in [-0.2, -0.15) is 0 Å². The Morgan fingerprint density at radius 2 is 2.05 bits per heavy atom. The van der Waals surface area contributed by atoms with Crippen LogP contribution < -0.4 is 15.8 Å². The first-order valence-corrected chi connectivity index (χ1v) is 6.35. The normalized spacial score (nSPS) is 13.7. The van der Waals surface area contributed by atoms with Crippen molar-refractivity contribution in [2.24, 2.45) is 5.73 Å². The maximum absolute atomic E-state index is 11.5. The average Bonchev–Trinajstić information content (AvgIpc) is 2.39. The minimum Gasteiger partial charge on any atom is -0.489 e. The molecule has 0 aliphatic rings. The van der Waals surface area contributed by atoms with Crippen LogP contribution >= 0.6 is 11.6 Å². The third kappa shape index (κ3) is 5.92. The zero-order valence-electron chi connectivity index (χ0n) is 11.1. The standard InChI is InChI=1S/C13H19ClN2O3/c1-9(7-16-13(17)12(15)8-18-2)19-11-5-3-10(14)4-6-11/h3-6,9,12H,7-8,15H2,1-2H3,(H,16,17). The molecule has 0 aromatic heterocycles. The Hall–Kier alpha value is -1.30. The molecule has 1 aromatic rings. The number of carbonyl (C=O) groups is 1. The molecule has 2 atom stereocenters. The fourth-order valence-electron chi connectivity index (χ4n) is 1.42. The first-order chi connectivity index (χ1) is 9.02. The van der Waals surface area contributed by atoms with Gasteiger partial charge in [-0.1, -0.05) is 11.6 Å². The minimum atomic E-state index is -0.660. The first-order valence-electron chi connectivity index (χ1n) is 5.97. The van der Waals surface area contributed by atoms with Crippen molar-refractivity contribution in [2.45, 2.75) is 19.1 Å².